The Hall–Kier alpha value is -1.16. The third-order valence-corrected chi connectivity index (χ3v) is 4.77. The quantitative estimate of drug-likeness (QED) is 0.799. The second-order valence-corrected chi connectivity index (χ2v) is 6.80. The Bertz CT molecular complexity index is 505. The third-order valence-electron chi connectivity index (χ3n) is 3.83. The highest BCUT2D eigenvalue weighted by molar-refractivity contribution is 7.09. The highest BCUT2D eigenvalue weighted by atomic mass is 32.1. The van der Waals surface area contributed by atoms with Crippen LogP contribution >= 0.6 is 11.3 Å². The van der Waals surface area contributed by atoms with Gasteiger partial charge in [0.25, 0.3) is 0 Å². The Kier molecular flexibility index (Phi) is 6.43. The van der Waals surface area contributed by atoms with Crippen LogP contribution in [-0.4, -0.2) is 32.1 Å². The van der Waals surface area contributed by atoms with Crippen LogP contribution in [0, 0.1) is 0 Å². The van der Waals surface area contributed by atoms with Gasteiger partial charge < -0.3 is 10.2 Å². The lowest BCUT2D eigenvalue weighted by Crippen LogP contribution is -2.20. The van der Waals surface area contributed by atoms with Gasteiger partial charge in [-0.2, -0.15) is 0 Å². The Morgan fingerprint density at radius 3 is 2.57 bits per heavy atom. The molecule has 1 N–H and O–H groups in total. The molecule has 0 aliphatic rings. The van der Waals surface area contributed by atoms with Crippen molar-refractivity contribution in [3.05, 3.63) is 57.8 Å². The Morgan fingerprint density at radius 2 is 1.95 bits per heavy atom. The molecule has 0 amide bonds. The van der Waals surface area contributed by atoms with Gasteiger partial charge in [0.15, 0.2) is 0 Å². The summed E-state index contributed by atoms with van der Waals surface area (Å²) in [6, 6.07) is 13.4. The van der Waals surface area contributed by atoms with Crippen molar-refractivity contribution in [3.63, 3.8) is 0 Å². The number of hydrogen-bond acceptors (Lipinski definition) is 3. The molecule has 2 nitrogen and oxygen atoms in total. The number of thiophene rings is 1. The topological polar surface area (TPSA) is 15.3 Å². The van der Waals surface area contributed by atoms with E-state index in [1.807, 2.05) is 18.4 Å². The molecule has 0 aliphatic heterocycles. The van der Waals surface area contributed by atoms with Gasteiger partial charge in [-0.25, -0.2) is 0 Å². The molecule has 0 radical (unpaired) electrons. The summed E-state index contributed by atoms with van der Waals surface area (Å²) in [7, 11) is 4.21. The van der Waals surface area contributed by atoms with E-state index in [1.54, 1.807) is 0 Å². The van der Waals surface area contributed by atoms with Crippen molar-refractivity contribution in [2.45, 2.75) is 25.8 Å². The number of nitrogens with zero attached hydrogens (tertiary/aromatic N) is 1. The second-order valence-electron chi connectivity index (χ2n) is 5.77. The van der Waals surface area contributed by atoms with Crippen molar-refractivity contribution in [1.29, 1.82) is 0 Å². The maximum atomic E-state index is 3.24. The molecular weight excluding hydrogens is 276 g/mol. The zero-order valence-corrected chi connectivity index (χ0v) is 14.1. The van der Waals surface area contributed by atoms with Crippen LogP contribution in [0.3, 0.4) is 0 Å². The van der Waals surface area contributed by atoms with Crippen molar-refractivity contribution < 1.29 is 0 Å². The van der Waals surface area contributed by atoms with Crippen LogP contribution in [0.5, 0.6) is 0 Å². The molecule has 1 heterocycles. The van der Waals surface area contributed by atoms with Crippen molar-refractivity contribution in [2.75, 3.05) is 27.2 Å². The van der Waals surface area contributed by atoms with Crippen molar-refractivity contribution in [3.8, 4) is 0 Å². The average Bonchev–Trinajstić information content (AvgIpc) is 2.99. The standard InChI is InChI=1S/C18H26N2S/c1-15(13-19-2)17-8-6-16(7-9-17)14-20(3)11-10-18-5-4-12-21-18/h4-9,12,15,19H,10-11,13-14H2,1-3H3. The maximum Gasteiger partial charge on any atom is 0.0230 e. The van der Waals surface area contributed by atoms with Crippen LogP contribution in [-0.2, 0) is 13.0 Å². The fourth-order valence-corrected chi connectivity index (χ4v) is 3.22. The fourth-order valence-electron chi connectivity index (χ4n) is 2.52. The van der Waals surface area contributed by atoms with Crippen LogP contribution in [0.4, 0.5) is 0 Å². The van der Waals surface area contributed by atoms with E-state index in [0.29, 0.717) is 5.92 Å². The number of nitrogens with one attached hydrogen (secondary N) is 1. The molecule has 1 unspecified atom stereocenters. The lowest BCUT2D eigenvalue weighted by Gasteiger charge is -2.17. The Balaban J connectivity index is 1.82. The van der Waals surface area contributed by atoms with Gasteiger partial charge >= 0.3 is 0 Å². The first-order chi connectivity index (χ1) is 10.2. The summed E-state index contributed by atoms with van der Waals surface area (Å²) in [5, 5.41) is 5.39. The van der Waals surface area contributed by atoms with E-state index >= 15 is 0 Å². The van der Waals surface area contributed by atoms with E-state index in [-0.39, 0.29) is 0 Å². The van der Waals surface area contributed by atoms with Crippen molar-refractivity contribution >= 4 is 11.3 Å². The molecule has 2 aromatic rings. The number of hydrogen-bond donors (Lipinski definition) is 1. The van der Waals surface area contributed by atoms with Gasteiger partial charge in [0.1, 0.15) is 0 Å². The fraction of sp³-hybridized carbons (Fsp3) is 0.444. The molecule has 0 fully saturated rings. The van der Waals surface area contributed by atoms with Gasteiger partial charge in [-0.1, -0.05) is 37.3 Å². The van der Waals surface area contributed by atoms with Crippen molar-refractivity contribution in [1.82, 2.24) is 10.2 Å². The molecule has 2 rings (SSSR count). The van der Waals surface area contributed by atoms with Crippen LogP contribution < -0.4 is 5.32 Å². The normalized spacial score (nSPS) is 12.8. The smallest absolute Gasteiger partial charge is 0.0230 e. The number of benzene rings is 1. The van der Waals surface area contributed by atoms with Crippen LogP contribution in [0.1, 0.15) is 28.8 Å². The number of rotatable bonds is 8. The van der Waals surface area contributed by atoms with E-state index in [9.17, 15) is 0 Å². The van der Waals surface area contributed by atoms with Gasteiger partial charge in [0.2, 0.25) is 0 Å². The SMILES string of the molecule is CNCC(C)c1ccc(CN(C)CCc2cccs2)cc1. The average molecular weight is 302 g/mol. The summed E-state index contributed by atoms with van der Waals surface area (Å²) < 4.78 is 0. The zero-order valence-electron chi connectivity index (χ0n) is 13.3. The highest BCUT2D eigenvalue weighted by Gasteiger charge is 2.05. The lowest BCUT2D eigenvalue weighted by atomic mass is 10.00. The molecule has 114 valence electrons. The van der Waals surface area contributed by atoms with Crippen LogP contribution in [0.2, 0.25) is 0 Å². The Labute approximate surface area is 132 Å². The highest BCUT2D eigenvalue weighted by Crippen LogP contribution is 2.16. The minimum atomic E-state index is 0.570. The van der Waals surface area contributed by atoms with Gasteiger partial charge in [0, 0.05) is 24.5 Å². The zero-order chi connectivity index (χ0) is 15.1. The summed E-state index contributed by atoms with van der Waals surface area (Å²) in [6.45, 7) is 5.42. The summed E-state index contributed by atoms with van der Waals surface area (Å²) in [5.74, 6) is 0.570. The molecule has 1 atom stereocenters. The van der Waals surface area contributed by atoms with Gasteiger partial charge in [-0.15, -0.1) is 11.3 Å². The molecule has 0 saturated heterocycles. The predicted octanol–water partition coefficient (Wildman–Crippen LogP) is 3.75. The predicted molar refractivity (Wildman–Crippen MR) is 93.1 cm³/mol. The lowest BCUT2D eigenvalue weighted by molar-refractivity contribution is 0.332. The summed E-state index contributed by atoms with van der Waals surface area (Å²) in [5.41, 5.74) is 2.80. The van der Waals surface area contributed by atoms with E-state index in [0.717, 1.165) is 26.1 Å². The monoisotopic (exact) mass is 302 g/mol. The minimum Gasteiger partial charge on any atom is -0.319 e. The van der Waals surface area contributed by atoms with E-state index in [2.05, 4.69) is 66.0 Å². The first-order valence-electron chi connectivity index (χ1n) is 7.63. The molecule has 0 spiro atoms. The molecule has 1 aromatic heterocycles. The second kappa shape index (κ2) is 8.32. The molecule has 1 aromatic carbocycles. The van der Waals surface area contributed by atoms with E-state index < -0.39 is 0 Å². The third kappa shape index (κ3) is 5.27. The van der Waals surface area contributed by atoms with Gasteiger partial charge in [-0.3, -0.25) is 0 Å². The molecule has 0 saturated carbocycles. The molecule has 0 bridgehead atoms. The summed E-state index contributed by atoms with van der Waals surface area (Å²) in [4.78, 5) is 3.87. The minimum absolute atomic E-state index is 0.570. The molecular formula is C18H26N2S. The summed E-state index contributed by atoms with van der Waals surface area (Å²) in [6.07, 6.45) is 1.14. The molecule has 21 heavy (non-hydrogen) atoms. The van der Waals surface area contributed by atoms with Crippen LogP contribution in [0.25, 0.3) is 0 Å². The molecule has 3 heteroatoms. The molecule has 0 aliphatic carbocycles. The largest absolute Gasteiger partial charge is 0.319 e. The van der Waals surface area contributed by atoms with Crippen molar-refractivity contribution in [2.24, 2.45) is 0 Å². The maximum absolute atomic E-state index is 3.24. The van der Waals surface area contributed by atoms with Crippen LogP contribution in [0.15, 0.2) is 41.8 Å². The Morgan fingerprint density at radius 1 is 1.19 bits per heavy atom. The van der Waals surface area contributed by atoms with E-state index in [1.165, 1.54) is 16.0 Å². The summed E-state index contributed by atoms with van der Waals surface area (Å²) >= 11 is 1.85. The van der Waals surface area contributed by atoms with Gasteiger partial charge in [0.05, 0.1) is 0 Å². The van der Waals surface area contributed by atoms with Gasteiger partial charge in [-0.05, 0) is 49.0 Å². The number of likely N-dealkylation sites (N-methyl/N-ethyl adjacent to an activating group) is 2. The first kappa shape index (κ1) is 16.2. The first-order valence-corrected chi connectivity index (χ1v) is 8.51. The van der Waals surface area contributed by atoms with E-state index in [4.69, 9.17) is 0 Å².